The van der Waals surface area contributed by atoms with Crippen LogP contribution < -0.4 is 0 Å². The van der Waals surface area contributed by atoms with Crippen molar-refractivity contribution in [2.45, 2.75) is 19.6 Å². The minimum Gasteiger partial charge on any atom is -0.433 e. The van der Waals surface area contributed by atoms with Gasteiger partial charge in [-0.2, -0.15) is 0 Å². The van der Waals surface area contributed by atoms with Crippen LogP contribution in [-0.4, -0.2) is 30.3 Å². The van der Waals surface area contributed by atoms with E-state index in [9.17, 15) is 4.79 Å². The van der Waals surface area contributed by atoms with E-state index in [-0.39, 0.29) is 0 Å². The quantitative estimate of drug-likeness (QED) is 0.192. The molecule has 0 aromatic carbocycles. The van der Waals surface area contributed by atoms with Gasteiger partial charge < -0.3 is 9.84 Å². The van der Waals surface area contributed by atoms with Crippen LogP contribution in [0.2, 0.25) is 0 Å². The van der Waals surface area contributed by atoms with Crippen LogP contribution in [0.25, 0.3) is 0 Å². The molecule has 0 heterocycles. The number of hydrogen-bond donors (Lipinski definition) is 3. The average Bonchev–Trinajstić information content (AvgIpc) is 2.03. The Morgan fingerprint density at radius 2 is 2.08 bits per heavy atom. The van der Waals surface area contributed by atoms with Gasteiger partial charge in [-0.25, -0.2) is 13.2 Å². The zero-order chi connectivity index (χ0) is 10.9. The summed E-state index contributed by atoms with van der Waals surface area (Å²) in [6, 6.07) is 0. The first-order valence-corrected chi connectivity index (χ1v) is 4.41. The number of aliphatic hydroxyl groups is 1. The van der Waals surface area contributed by atoms with Crippen LogP contribution in [0.5, 0.6) is 0 Å². The standard InChI is InChI=1S/C6H10O3.H2O3S/c1-3-5(7)9-6(8)4-2;1-4(2)3/h3,6,8H,1,4H2,2H3;4H,(H,1,2,3). The molecule has 1 unspecified atom stereocenters. The van der Waals surface area contributed by atoms with Crippen molar-refractivity contribution in [2.75, 3.05) is 0 Å². The van der Waals surface area contributed by atoms with Crippen molar-refractivity contribution in [1.82, 2.24) is 0 Å². The van der Waals surface area contributed by atoms with Gasteiger partial charge in [0.25, 0.3) is 11.0 Å². The van der Waals surface area contributed by atoms with Crippen molar-refractivity contribution in [3.63, 3.8) is 0 Å². The minimum absolute atomic E-state index is 0.402. The van der Waals surface area contributed by atoms with E-state index in [1.165, 1.54) is 0 Å². The number of thiol groups is 1. The van der Waals surface area contributed by atoms with E-state index in [4.69, 9.17) is 18.1 Å². The van der Waals surface area contributed by atoms with Gasteiger partial charge in [-0.1, -0.05) is 13.5 Å². The van der Waals surface area contributed by atoms with Crippen molar-refractivity contribution >= 4 is 17.0 Å². The van der Waals surface area contributed by atoms with E-state index in [0.29, 0.717) is 6.42 Å². The molecule has 0 aliphatic carbocycles. The number of carbonyl (C=O) groups is 1. The predicted octanol–water partition coefficient (Wildman–Crippen LogP) is -0.485. The molecule has 0 saturated carbocycles. The third kappa shape index (κ3) is 18.2. The lowest BCUT2D eigenvalue weighted by Crippen LogP contribution is -2.14. The highest BCUT2D eigenvalue weighted by atomic mass is 32.2. The number of hydrogen-bond acceptors (Lipinski definition) is 5. The molecule has 0 bridgehead atoms. The topological polar surface area (TPSA) is 101 Å². The van der Waals surface area contributed by atoms with Gasteiger partial charge in [0.05, 0.1) is 0 Å². The van der Waals surface area contributed by atoms with Crippen LogP contribution >= 0.6 is 0 Å². The molecule has 0 aromatic rings. The number of rotatable bonds is 3. The number of carbonyl (C=O) groups excluding carboxylic acids is 1. The first kappa shape index (κ1) is 14.6. The summed E-state index contributed by atoms with van der Waals surface area (Å²) in [5.74, 6) is -0.593. The summed E-state index contributed by atoms with van der Waals surface area (Å²) in [5, 5.41) is 8.67. The van der Waals surface area contributed by atoms with Crippen molar-refractivity contribution < 1.29 is 27.6 Å². The lowest BCUT2D eigenvalue weighted by molar-refractivity contribution is -0.161. The normalized spacial score (nSPS) is 11.1. The van der Waals surface area contributed by atoms with Crippen molar-refractivity contribution in [2.24, 2.45) is 0 Å². The Hall–Kier alpha value is -0.920. The van der Waals surface area contributed by atoms with Gasteiger partial charge in [-0.3, -0.25) is 4.55 Å². The van der Waals surface area contributed by atoms with Crippen LogP contribution in [-0.2, 0) is 20.5 Å². The lowest BCUT2D eigenvalue weighted by Gasteiger charge is -2.05. The molecule has 0 fully saturated rings. The monoisotopic (exact) mass is 212 g/mol. The maximum Gasteiger partial charge on any atom is 0.332 e. The van der Waals surface area contributed by atoms with Gasteiger partial charge in [-0.05, 0) is 0 Å². The molecule has 0 aromatic heterocycles. The van der Waals surface area contributed by atoms with Gasteiger partial charge in [0.15, 0.2) is 0 Å². The number of esters is 1. The third-order valence-electron chi connectivity index (χ3n) is 0.768. The van der Waals surface area contributed by atoms with E-state index in [2.05, 4.69) is 11.3 Å². The smallest absolute Gasteiger partial charge is 0.332 e. The molecule has 0 aliphatic heterocycles. The van der Waals surface area contributed by atoms with Crippen molar-refractivity contribution in [3.05, 3.63) is 12.7 Å². The first-order chi connectivity index (χ1) is 5.93. The number of ether oxygens (including phenoxy) is 1. The molecule has 7 heteroatoms. The molecule has 0 rings (SSSR count). The SMILES string of the molecule is C=CC(=O)OC(O)CC.O=[SH](=O)O. The highest BCUT2D eigenvalue weighted by molar-refractivity contribution is 7.66. The predicted molar refractivity (Wildman–Crippen MR) is 45.5 cm³/mol. The van der Waals surface area contributed by atoms with Crippen LogP contribution in [0, 0.1) is 0 Å². The first-order valence-electron chi connectivity index (χ1n) is 3.28. The zero-order valence-electron chi connectivity index (χ0n) is 7.04. The highest BCUT2D eigenvalue weighted by Crippen LogP contribution is 1.92. The molecule has 78 valence electrons. The van der Waals surface area contributed by atoms with Crippen LogP contribution in [0.15, 0.2) is 12.7 Å². The lowest BCUT2D eigenvalue weighted by atomic mass is 10.5. The molecule has 0 aliphatic rings. The van der Waals surface area contributed by atoms with Crippen molar-refractivity contribution in [3.8, 4) is 0 Å². The maximum absolute atomic E-state index is 10.3. The van der Waals surface area contributed by atoms with Gasteiger partial charge in [-0.15, -0.1) is 0 Å². The van der Waals surface area contributed by atoms with Crippen LogP contribution in [0.1, 0.15) is 13.3 Å². The molecule has 6 nitrogen and oxygen atoms in total. The summed E-state index contributed by atoms with van der Waals surface area (Å²) in [6.07, 6.45) is 0.425. The Labute approximate surface area is 77.6 Å². The zero-order valence-corrected chi connectivity index (χ0v) is 7.94. The largest absolute Gasteiger partial charge is 0.433 e. The van der Waals surface area contributed by atoms with E-state index in [1.54, 1.807) is 6.92 Å². The van der Waals surface area contributed by atoms with Gasteiger partial charge in [0.2, 0.25) is 6.29 Å². The fraction of sp³-hybridized carbons (Fsp3) is 0.500. The molecule has 13 heavy (non-hydrogen) atoms. The fourth-order valence-corrected chi connectivity index (χ4v) is 0.266. The second-order valence-electron chi connectivity index (χ2n) is 1.74. The van der Waals surface area contributed by atoms with E-state index < -0.39 is 23.2 Å². The van der Waals surface area contributed by atoms with Gasteiger partial charge in [0, 0.05) is 12.5 Å². The summed E-state index contributed by atoms with van der Waals surface area (Å²) < 4.78 is 28.5. The average molecular weight is 212 g/mol. The minimum atomic E-state index is -3.12. The Morgan fingerprint density at radius 3 is 2.31 bits per heavy atom. The molecule has 0 spiro atoms. The van der Waals surface area contributed by atoms with E-state index in [0.717, 1.165) is 6.08 Å². The summed E-state index contributed by atoms with van der Waals surface area (Å²) in [6.45, 7) is 4.87. The molecule has 0 saturated heterocycles. The van der Waals surface area contributed by atoms with Gasteiger partial charge >= 0.3 is 5.97 Å². The second kappa shape index (κ2) is 9.17. The Balaban J connectivity index is 0. The molecule has 0 radical (unpaired) electrons. The number of aliphatic hydroxyl groups excluding tert-OH is 1. The second-order valence-corrected chi connectivity index (χ2v) is 2.22. The van der Waals surface area contributed by atoms with Crippen molar-refractivity contribution in [1.29, 1.82) is 0 Å². The molecule has 2 N–H and O–H groups in total. The highest BCUT2D eigenvalue weighted by Gasteiger charge is 2.02. The molecular formula is C6H12O6S. The Kier molecular flexibility index (Phi) is 10.3. The van der Waals surface area contributed by atoms with Crippen LogP contribution in [0.4, 0.5) is 0 Å². The Morgan fingerprint density at radius 1 is 1.69 bits per heavy atom. The Bertz CT molecular complexity index is 213. The summed E-state index contributed by atoms with van der Waals surface area (Å²) in [5.41, 5.74) is 0. The van der Waals surface area contributed by atoms with Gasteiger partial charge in [0.1, 0.15) is 0 Å². The molecular weight excluding hydrogens is 200 g/mol. The molecule has 1 atom stereocenters. The summed E-state index contributed by atoms with van der Waals surface area (Å²) in [7, 11) is -3.12. The molecule has 0 amide bonds. The van der Waals surface area contributed by atoms with E-state index in [1.807, 2.05) is 0 Å². The maximum atomic E-state index is 10.3. The van der Waals surface area contributed by atoms with E-state index >= 15 is 0 Å². The summed E-state index contributed by atoms with van der Waals surface area (Å²) >= 11 is 0. The summed E-state index contributed by atoms with van der Waals surface area (Å²) in [4.78, 5) is 10.3. The third-order valence-corrected chi connectivity index (χ3v) is 0.768. The fourth-order valence-electron chi connectivity index (χ4n) is 0.266. The van der Waals surface area contributed by atoms with Crippen LogP contribution in [0.3, 0.4) is 0 Å².